The van der Waals surface area contributed by atoms with Gasteiger partial charge in [-0.05, 0) is 26.2 Å². The molecule has 144 valence electrons. The maximum absolute atomic E-state index is 12.2. The van der Waals surface area contributed by atoms with Crippen LogP contribution in [0.5, 0.6) is 0 Å². The van der Waals surface area contributed by atoms with E-state index in [1.807, 2.05) is 13.8 Å². The number of aliphatic hydroxyl groups excluding tert-OH is 1. The lowest BCUT2D eigenvalue weighted by Gasteiger charge is -2.24. The summed E-state index contributed by atoms with van der Waals surface area (Å²) in [5, 5.41) is 24.9. The van der Waals surface area contributed by atoms with Gasteiger partial charge in [0, 0.05) is 0 Å². The second kappa shape index (κ2) is 10.6. The Labute approximate surface area is 146 Å². The molecule has 0 fully saturated rings. The van der Waals surface area contributed by atoms with Crippen LogP contribution in [0.3, 0.4) is 0 Å². The normalized spacial score (nSPS) is 15.6. The van der Waals surface area contributed by atoms with Crippen LogP contribution in [-0.2, 0) is 19.2 Å². The number of rotatable bonds is 10. The molecule has 0 saturated carbocycles. The summed E-state index contributed by atoms with van der Waals surface area (Å²) in [6.45, 7) is 5.79. The zero-order valence-electron chi connectivity index (χ0n) is 14.9. The monoisotopic (exact) mass is 360 g/mol. The molecule has 3 amide bonds. The topological polar surface area (TPSA) is 171 Å². The van der Waals surface area contributed by atoms with E-state index in [0.29, 0.717) is 0 Å². The van der Waals surface area contributed by atoms with Crippen molar-refractivity contribution in [2.24, 2.45) is 11.7 Å². The molecule has 0 bridgehead atoms. The number of nitrogens with one attached hydrogen (secondary N) is 3. The van der Waals surface area contributed by atoms with E-state index in [4.69, 9.17) is 15.9 Å². The Hall–Kier alpha value is -2.20. The first-order valence-electron chi connectivity index (χ1n) is 7.99. The number of nitrogens with two attached hydrogens (primary N) is 1. The van der Waals surface area contributed by atoms with Gasteiger partial charge in [0.2, 0.25) is 17.7 Å². The van der Waals surface area contributed by atoms with Crippen molar-refractivity contribution in [3.05, 3.63) is 0 Å². The molecule has 10 heteroatoms. The number of carbonyl (C=O) groups is 4. The van der Waals surface area contributed by atoms with Crippen molar-refractivity contribution < 1.29 is 29.4 Å². The highest BCUT2D eigenvalue weighted by Crippen LogP contribution is 2.06. The smallest absolute Gasteiger partial charge is 0.328 e. The summed E-state index contributed by atoms with van der Waals surface area (Å²) < 4.78 is 0. The predicted octanol–water partition coefficient (Wildman–Crippen LogP) is -2.07. The van der Waals surface area contributed by atoms with Crippen LogP contribution in [0.4, 0.5) is 0 Å². The molecule has 0 aromatic carbocycles. The van der Waals surface area contributed by atoms with E-state index in [1.54, 1.807) is 0 Å². The average Bonchev–Trinajstić information content (AvgIpc) is 2.50. The summed E-state index contributed by atoms with van der Waals surface area (Å²) in [6, 6.07) is -4.18. The van der Waals surface area contributed by atoms with Crippen molar-refractivity contribution in [1.82, 2.24) is 16.0 Å². The zero-order chi connectivity index (χ0) is 19.7. The summed E-state index contributed by atoms with van der Waals surface area (Å²) in [4.78, 5) is 46.8. The largest absolute Gasteiger partial charge is 0.480 e. The van der Waals surface area contributed by atoms with Gasteiger partial charge in [0.15, 0.2) is 0 Å². The maximum atomic E-state index is 12.2. The van der Waals surface area contributed by atoms with Gasteiger partial charge in [-0.15, -0.1) is 0 Å². The number of carboxylic acid groups (broad SMARTS) is 1. The second-order valence-corrected chi connectivity index (χ2v) is 6.29. The molecule has 0 rings (SSSR count). The molecular weight excluding hydrogens is 332 g/mol. The fourth-order valence-corrected chi connectivity index (χ4v) is 1.87. The van der Waals surface area contributed by atoms with Gasteiger partial charge in [0.25, 0.3) is 0 Å². The molecule has 0 aliphatic heterocycles. The Morgan fingerprint density at radius 1 is 0.880 bits per heavy atom. The molecule has 0 heterocycles. The summed E-state index contributed by atoms with van der Waals surface area (Å²) in [7, 11) is 0. The van der Waals surface area contributed by atoms with Gasteiger partial charge in [-0.1, -0.05) is 13.8 Å². The summed E-state index contributed by atoms with van der Waals surface area (Å²) in [5.74, 6) is -3.20. The summed E-state index contributed by atoms with van der Waals surface area (Å²) in [5.41, 5.74) is 5.41. The Kier molecular flexibility index (Phi) is 9.69. The van der Waals surface area contributed by atoms with Crippen LogP contribution in [0.1, 0.15) is 34.1 Å². The maximum Gasteiger partial charge on any atom is 0.328 e. The fraction of sp³-hybridized carbons (Fsp3) is 0.733. The highest BCUT2D eigenvalue weighted by Gasteiger charge is 2.28. The Bertz CT molecular complexity index is 494. The van der Waals surface area contributed by atoms with Crippen molar-refractivity contribution in [2.45, 2.75) is 58.3 Å². The molecule has 7 N–H and O–H groups in total. The van der Waals surface area contributed by atoms with Crippen LogP contribution in [-0.4, -0.2) is 64.7 Å². The van der Waals surface area contributed by atoms with Gasteiger partial charge in [-0.2, -0.15) is 0 Å². The van der Waals surface area contributed by atoms with Crippen LogP contribution in [0, 0.1) is 5.92 Å². The van der Waals surface area contributed by atoms with Gasteiger partial charge in [0.1, 0.15) is 18.1 Å². The Balaban J connectivity index is 4.97. The zero-order valence-corrected chi connectivity index (χ0v) is 14.9. The van der Waals surface area contributed by atoms with Gasteiger partial charge in [-0.25, -0.2) is 4.79 Å². The minimum Gasteiger partial charge on any atom is -0.480 e. The second-order valence-electron chi connectivity index (χ2n) is 6.29. The highest BCUT2D eigenvalue weighted by atomic mass is 16.4. The number of aliphatic carboxylic acids is 1. The minimum atomic E-state index is -1.46. The Morgan fingerprint density at radius 3 is 1.80 bits per heavy atom. The molecule has 4 unspecified atom stereocenters. The van der Waals surface area contributed by atoms with Crippen LogP contribution in [0.2, 0.25) is 0 Å². The molecule has 0 aliphatic carbocycles. The van der Waals surface area contributed by atoms with Crippen molar-refractivity contribution in [1.29, 1.82) is 0 Å². The quantitative estimate of drug-likeness (QED) is 0.260. The molecule has 0 aromatic rings. The number of amides is 3. The van der Waals surface area contributed by atoms with Crippen molar-refractivity contribution in [3.63, 3.8) is 0 Å². The first-order chi connectivity index (χ1) is 11.5. The van der Waals surface area contributed by atoms with Crippen LogP contribution >= 0.6 is 0 Å². The fourth-order valence-electron chi connectivity index (χ4n) is 1.87. The standard InChI is InChI=1S/C15H28N4O6/c1-7(2)5-10(14(23)19-11(6-20)15(24)25)18-13(22)9(4)17-12(21)8(3)16/h7-11,20H,5-6,16H2,1-4H3,(H,17,21)(H,18,22)(H,19,23)(H,24,25). The lowest BCUT2D eigenvalue weighted by atomic mass is 10.0. The van der Waals surface area contributed by atoms with E-state index in [0.717, 1.165) is 0 Å². The lowest BCUT2D eigenvalue weighted by Crippen LogP contribution is -2.56. The van der Waals surface area contributed by atoms with Gasteiger partial charge in [0.05, 0.1) is 12.6 Å². The van der Waals surface area contributed by atoms with E-state index in [2.05, 4.69) is 16.0 Å². The molecular formula is C15H28N4O6. The predicted molar refractivity (Wildman–Crippen MR) is 89.3 cm³/mol. The van der Waals surface area contributed by atoms with Crippen molar-refractivity contribution in [3.8, 4) is 0 Å². The molecule has 0 spiro atoms. The van der Waals surface area contributed by atoms with Crippen molar-refractivity contribution in [2.75, 3.05) is 6.61 Å². The first-order valence-corrected chi connectivity index (χ1v) is 7.99. The average molecular weight is 360 g/mol. The summed E-state index contributed by atoms with van der Waals surface area (Å²) >= 11 is 0. The van der Waals surface area contributed by atoms with E-state index < -0.39 is 54.5 Å². The number of hydrogen-bond donors (Lipinski definition) is 6. The third-order valence-electron chi connectivity index (χ3n) is 3.30. The molecule has 25 heavy (non-hydrogen) atoms. The Morgan fingerprint density at radius 2 is 1.40 bits per heavy atom. The molecule has 0 saturated heterocycles. The first kappa shape index (κ1) is 22.8. The number of carbonyl (C=O) groups excluding carboxylic acids is 3. The van der Waals surface area contributed by atoms with E-state index in [-0.39, 0.29) is 12.3 Å². The molecule has 10 nitrogen and oxygen atoms in total. The van der Waals surface area contributed by atoms with Crippen LogP contribution < -0.4 is 21.7 Å². The van der Waals surface area contributed by atoms with Gasteiger partial charge in [-0.3, -0.25) is 14.4 Å². The van der Waals surface area contributed by atoms with E-state index in [1.165, 1.54) is 13.8 Å². The number of hydrogen-bond acceptors (Lipinski definition) is 6. The van der Waals surface area contributed by atoms with E-state index in [9.17, 15) is 19.2 Å². The lowest BCUT2D eigenvalue weighted by molar-refractivity contribution is -0.143. The van der Waals surface area contributed by atoms with Crippen LogP contribution in [0.15, 0.2) is 0 Å². The van der Waals surface area contributed by atoms with Crippen LogP contribution in [0.25, 0.3) is 0 Å². The SMILES string of the molecule is CC(C)CC(NC(=O)C(C)NC(=O)C(C)N)C(=O)NC(CO)C(=O)O. The third-order valence-corrected chi connectivity index (χ3v) is 3.30. The van der Waals surface area contributed by atoms with Crippen molar-refractivity contribution >= 4 is 23.7 Å². The molecule has 0 radical (unpaired) electrons. The molecule has 4 atom stereocenters. The molecule has 0 aromatic heterocycles. The summed E-state index contributed by atoms with van der Waals surface area (Å²) in [6.07, 6.45) is 0.253. The van der Waals surface area contributed by atoms with Gasteiger partial charge < -0.3 is 31.9 Å². The number of carboxylic acids is 1. The third kappa shape index (κ3) is 8.45. The molecule has 0 aliphatic rings. The van der Waals surface area contributed by atoms with E-state index >= 15 is 0 Å². The highest BCUT2D eigenvalue weighted by molar-refractivity contribution is 5.93. The minimum absolute atomic E-state index is 0.0300. The van der Waals surface area contributed by atoms with Gasteiger partial charge >= 0.3 is 5.97 Å². The number of aliphatic hydroxyl groups is 1.